The molecule has 0 aliphatic carbocycles. The Morgan fingerprint density at radius 3 is 3.05 bits per heavy atom. The van der Waals surface area contributed by atoms with Gasteiger partial charge in [-0.1, -0.05) is 0 Å². The van der Waals surface area contributed by atoms with Crippen LogP contribution >= 0.6 is 0 Å². The Kier molecular flexibility index (Phi) is 3.81. The minimum Gasteiger partial charge on any atom is -0.385 e. The van der Waals surface area contributed by atoms with Gasteiger partial charge in [-0.05, 0) is 43.5 Å². The van der Waals surface area contributed by atoms with Gasteiger partial charge >= 0.3 is 0 Å². The van der Waals surface area contributed by atoms with Crippen molar-refractivity contribution in [3.05, 3.63) is 53.1 Å². The summed E-state index contributed by atoms with van der Waals surface area (Å²) in [6.45, 7) is 3.28. The Balaban J connectivity index is 1.66. The van der Waals surface area contributed by atoms with Crippen molar-refractivity contribution >= 4 is 11.6 Å². The number of rotatable bonds is 3. The highest BCUT2D eigenvalue weighted by Crippen LogP contribution is 2.22. The molecule has 0 unspecified atom stereocenters. The highest BCUT2D eigenvalue weighted by atomic mass is 16.1. The van der Waals surface area contributed by atoms with Crippen molar-refractivity contribution < 1.29 is 4.79 Å². The van der Waals surface area contributed by atoms with Crippen LogP contribution in [-0.4, -0.2) is 22.4 Å². The number of fused-ring (bicyclic) bond motifs is 1. The van der Waals surface area contributed by atoms with E-state index in [9.17, 15) is 4.79 Å². The van der Waals surface area contributed by atoms with E-state index in [1.54, 1.807) is 12.4 Å². The molecule has 0 saturated carbocycles. The average molecular weight is 282 g/mol. The quantitative estimate of drug-likeness (QED) is 0.904. The molecule has 1 aromatic carbocycles. The smallest absolute Gasteiger partial charge is 0.251 e. The van der Waals surface area contributed by atoms with Crippen LogP contribution < -0.4 is 10.6 Å². The molecule has 108 valence electrons. The predicted molar refractivity (Wildman–Crippen MR) is 81.2 cm³/mol. The minimum atomic E-state index is -0.0780. The van der Waals surface area contributed by atoms with E-state index in [-0.39, 0.29) is 5.91 Å². The molecule has 5 nitrogen and oxygen atoms in total. The molecule has 5 heteroatoms. The molecule has 21 heavy (non-hydrogen) atoms. The minimum absolute atomic E-state index is 0.0780. The molecule has 1 aromatic heterocycles. The summed E-state index contributed by atoms with van der Waals surface area (Å²) in [5, 5.41) is 6.22. The van der Waals surface area contributed by atoms with E-state index >= 15 is 0 Å². The van der Waals surface area contributed by atoms with Gasteiger partial charge in [0.1, 0.15) is 0 Å². The number of hydrogen-bond donors (Lipinski definition) is 2. The van der Waals surface area contributed by atoms with Crippen molar-refractivity contribution in [3.63, 3.8) is 0 Å². The van der Waals surface area contributed by atoms with Crippen LogP contribution in [0.25, 0.3) is 0 Å². The third kappa shape index (κ3) is 3.18. The number of nitrogens with one attached hydrogen (secondary N) is 2. The number of nitrogens with zero attached hydrogens (tertiary/aromatic N) is 2. The fraction of sp³-hybridized carbons (Fsp3) is 0.312. The molecule has 0 saturated heterocycles. The molecule has 0 fully saturated rings. The summed E-state index contributed by atoms with van der Waals surface area (Å²) >= 11 is 0. The van der Waals surface area contributed by atoms with Crippen LogP contribution in [0.5, 0.6) is 0 Å². The van der Waals surface area contributed by atoms with Crippen LogP contribution in [-0.2, 0) is 13.0 Å². The van der Waals surface area contributed by atoms with Crippen LogP contribution in [0.1, 0.15) is 33.7 Å². The highest BCUT2D eigenvalue weighted by molar-refractivity contribution is 5.94. The van der Waals surface area contributed by atoms with E-state index < -0.39 is 0 Å². The van der Waals surface area contributed by atoms with Gasteiger partial charge in [0.15, 0.2) is 0 Å². The molecule has 0 radical (unpaired) electrons. The second-order valence-corrected chi connectivity index (χ2v) is 5.23. The molecular weight excluding hydrogens is 264 g/mol. The van der Waals surface area contributed by atoms with Crippen molar-refractivity contribution in [2.45, 2.75) is 26.3 Å². The molecule has 0 atom stereocenters. The molecule has 1 amide bonds. The third-order valence-electron chi connectivity index (χ3n) is 3.57. The lowest BCUT2D eigenvalue weighted by Crippen LogP contribution is -2.24. The summed E-state index contributed by atoms with van der Waals surface area (Å²) in [4.78, 5) is 20.6. The molecule has 0 spiro atoms. The Labute approximate surface area is 123 Å². The summed E-state index contributed by atoms with van der Waals surface area (Å²) < 4.78 is 0. The SMILES string of the molecule is Cc1cnc(CNC(=O)c2ccc3c(c2)CCCN3)cn1. The third-order valence-corrected chi connectivity index (χ3v) is 3.57. The van der Waals surface area contributed by atoms with E-state index in [0.717, 1.165) is 36.5 Å². The standard InChI is InChI=1S/C16H18N4O/c1-11-8-19-14(9-18-11)10-20-16(21)13-4-5-15-12(7-13)3-2-6-17-15/h4-5,7-9,17H,2-3,6,10H2,1H3,(H,20,21). The van der Waals surface area contributed by atoms with Gasteiger partial charge in [-0.15, -0.1) is 0 Å². The van der Waals surface area contributed by atoms with Crippen LogP contribution in [0.3, 0.4) is 0 Å². The second kappa shape index (κ2) is 5.91. The van der Waals surface area contributed by atoms with Gasteiger partial charge in [-0.2, -0.15) is 0 Å². The van der Waals surface area contributed by atoms with Gasteiger partial charge in [0.25, 0.3) is 5.91 Å². The Bertz CT molecular complexity index is 652. The van der Waals surface area contributed by atoms with Crippen LogP contribution in [0.2, 0.25) is 0 Å². The summed E-state index contributed by atoms with van der Waals surface area (Å²) in [6.07, 6.45) is 5.52. The topological polar surface area (TPSA) is 66.9 Å². The Hall–Kier alpha value is -2.43. The van der Waals surface area contributed by atoms with E-state index in [0.29, 0.717) is 12.1 Å². The molecule has 2 N–H and O–H groups in total. The van der Waals surface area contributed by atoms with Gasteiger partial charge in [-0.3, -0.25) is 14.8 Å². The van der Waals surface area contributed by atoms with Crippen LogP contribution in [0, 0.1) is 6.92 Å². The zero-order chi connectivity index (χ0) is 14.7. The molecule has 0 bridgehead atoms. The number of benzene rings is 1. The normalized spacial score (nSPS) is 13.2. The molecule has 3 rings (SSSR count). The summed E-state index contributed by atoms with van der Waals surface area (Å²) in [5.74, 6) is -0.0780. The first-order valence-electron chi connectivity index (χ1n) is 7.15. The zero-order valence-electron chi connectivity index (χ0n) is 12.0. The van der Waals surface area contributed by atoms with Crippen molar-refractivity contribution in [2.24, 2.45) is 0 Å². The molecular formula is C16H18N4O. The lowest BCUT2D eigenvalue weighted by Gasteiger charge is -2.18. The predicted octanol–water partition coefficient (Wildman–Crippen LogP) is 2.07. The van der Waals surface area contributed by atoms with E-state index in [1.807, 2.05) is 25.1 Å². The highest BCUT2D eigenvalue weighted by Gasteiger charge is 2.12. The van der Waals surface area contributed by atoms with E-state index in [2.05, 4.69) is 20.6 Å². The van der Waals surface area contributed by atoms with Gasteiger partial charge < -0.3 is 10.6 Å². The van der Waals surface area contributed by atoms with Gasteiger partial charge in [0.05, 0.1) is 24.1 Å². The summed E-state index contributed by atoms with van der Waals surface area (Å²) in [6, 6.07) is 5.81. The lowest BCUT2D eigenvalue weighted by atomic mass is 10.0. The number of aromatic nitrogens is 2. The Morgan fingerprint density at radius 1 is 1.33 bits per heavy atom. The Morgan fingerprint density at radius 2 is 2.24 bits per heavy atom. The number of carbonyl (C=O) groups is 1. The fourth-order valence-corrected chi connectivity index (χ4v) is 2.40. The van der Waals surface area contributed by atoms with E-state index in [4.69, 9.17) is 0 Å². The van der Waals surface area contributed by atoms with Gasteiger partial charge in [0.2, 0.25) is 0 Å². The van der Waals surface area contributed by atoms with Gasteiger partial charge in [0, 0.05) is 24.0 Å². The molecule has 1 aliphatic heterocycles. The first-order valence-corrected chi connectivity index (χ1v) is 7.15. The van der Waals surface area contributed by atoms with Crippen LogP contribution in [0.15, 0.2) is 30.6 Å². The van der Waals surface area contributed by atoms with E-state index in [1.165, 1.54) is 5.56 Å². The maximum Gasteiger partial charge on any atom is 0.251 e. The number of amides is 1. The van der Waals surface area contributed by atoms with Crippen molar-refractivity contribution in [1.82, 2.24) is 15.3 Å². The number of carbonyl (C=O) groups excluding carboxylic acids is 1. The zero-order valence-corrected chi connectivity index (χ0v) is 12.0. The van der Waals surface area contributed by atoms with Crippen LogP contribution in [0.4, 0.5) is 5.69 Å². The first kappa shape index (κ1) is 13.5. The lowest BCUT2D eigenvalue weighted by molar-refractivity contribution is 0.0950. The summed E-state index contributed by atoms with van der Waals surface area (Å²) in [5.41, 5.74) is 4.67. The molecule has 2 aromatic rings. The van der Waals surface area contributed by atoms with Crippen molar-refractivity contribution in [2.75, 3.05) is 11.9 Å². The van der Waals surface area contributed by atoms with Crippen molar-refractivity contribution in [3.8, 4) is 0 Å². The molecule has 2 heterocycles. The summed E-state index contributed by atoms with van der Waals surface area (Å²) in [7, 11) is 0. The number of anilines is 1. The number of hydrogen-bond acceptors (Lipinski definition) is 4. The largest absolute Gasteiger partial charge is 0.385 e. The number of aryl methyl sites for hydroxylation is 2. The fourth-order valence-electron chi connectivity index (χ4n) is 2.40. The molecule has 1 aliphatic rings. The second-order valence-electron chi connectivity index (χ2n) is 5.23. The maximum atomic E-state index is 12.2. The first-order chi connectivity index (χ1) is 10.2. The van der Waals surface area contributed by atoms with Crippen molar-refractivity contribution in [1.29, 1.82) is 0 Å². The average Bonchev–Trinajstić information content (AvgIpc) is 2.53. The maximum absolute atomic E-state index is 12.2. The van der Waals surface area contributed by atoms with Gasteiger partial charge in [-0.25, -0.2) is 0 Å². The monoisotopic (exact) mass is 282 g/mol.